The van der Waals surface area contributed by atoms with Crippen molar-refractivity contribution in [2.75, 3.05) is 7.11 Å². The summed E-state index contributed by atoms with van der Waals surface area (Å²) in [6, 6.07) is 7.38. The van der Waals surface area contributed by atoms with Gasteiger partial charge in [0.15, 0.2) is 5.75 Å². The van der Waals surface area contributed by atoms with Crippen molar-refractivity contribution in [3.05, 3.63) is 52.2 Å². The number of hydrogen-bond donors (Lipinski definition) is 1. The zero-order valence-corrected chi connectivity index (χ0v) is 11.7. The Hall–Kier alpha value is -2.61. The van der Waals surface area contributed by atoms with E-state index in [1.165, 1.54) is 31.5 Å². The molecule has 0 aliphatic carbocycles. The first-order valence-corrected chi connectivity index (χ1v) is 6.53. The number of carboxylic acid groups (broad SMARTS) is 1. The Morgan fingerprint density at radius 3 is 2.81 bits per heavy atom. The molecule has 0 unspecified atom stereocenters. The van der Waals surface area contributed by atoms with E-state index in [0.717, 1.165) is 11.8 Å². The number of benzene rings is 1. The van der Waals surface area contributed by atoms with Gasteiger partial charge in [0, 0.05) is 6.20 Å². The molecule has 0 amide bonds. The Morgan fingerprint density at radius 1 is 1.43 bits per heavy atom. The van der Waals surface area contributed by atoms with Gasteiger partial charge in [-0.15, -0.1) is 0 Å². The lowest BCUT2D eigenvalue weighted by Crippen LogP contribution is -1.98. The third-order valence-electron chi connectivity index (χ3n) is 2.56. The minimum atomic E-state index is -1.08. The van der Waals surface area contributed by atoms with E-state index >= 15 is 0 Å². The maximum atomic E-state index is 11.2. The molecule has 0 aliphatic heterocycles. The molecule has 21 heavy (non-hydrogen) atoms. The zero-order valence-electron chi connectivity index (χ0n) is 10.8. The molecule has 0 fully saturated rings. The average molecular weight is 306 g/mol. The molecule has 2 rings (SSSR count). The zero-order chi connectivity index (χ0) is 15.4. The normalized spacial score (nSPS) is 10.1. The molecule has 0 saturated carbocycles. The van der Waals surface area contributed by atoms with E-state index in [9.17, 15) is 14.9 Å². The topological polar surface area (TPSA) is 103 Å². The molecule has 108 valence electrons. The molecule has 0 saturated heterocycles. The van der Waals surface area contributed by atoms with Crippen LogP contribution in [0.15, 0.2) is 46.5 Å². The van der Waals surface area contributed by atoms with Crippen LogP contribution in [0.3, 0.4) is 0 Å². The van der Waals surface area contributed by atoms with Crippen LogP contribution in [0.2, 0.25) is 0 Å². The quantitative estimate of drug-likeness (QED) is 0.669. The van der Waals surface area contributed by atoms with E-state index in [4.69, 9.17) is 9.84 Å². The Bertz CT molecular complexity index is 705. The van der Waals surface area contributed by atoms with Gasteiger partial charge in [-0.05, 0) is 24.3 Å². The van der Waals surface area contributed by atoms with Crippen molar-refractivity contribution >= 4 is 23.4 Å². The summed E-state index contributed by atoms with van der Waals surface area (Å²) in [6.07, 6.45) is 1.35. The number of methoxy groups -OCH3 is 1. The number of pyridine rings is 1. The molecule has 0 radical (unpaired) electrons. The highest BCUT2D eigenvalue weighted by atomic mass is 32.2. The van der Waals surface area contributed by atoms with Crippen molar-refractivity contribution in [2.24, 2.45) is 0 Å². The number of aromatic nitrogens is 1. The Kier molecular flexibility index (Phi) is 4.39. The van der Waals surface area contributed by atoms with Crippen molar-refractivity contribution in [3.63, 3.8) is 0 Å². The van der Waals surface area contributed by atoms with Crippen LogP contribution in [0, 0.1) is 10.1 Å². The lowest BCUT2D eigenvalue weighted by molar-refractivity contribution is -0.388. The third kappa shape index (κ3) is 3.29. The highest BCUT2D eigenvalue weighted by molar-refractivity contribution is 7.99. The fourth-order valence-corrected chi connectivity index (χ4v) is 2.58. The lowest BCUT2D eigenvalue weighted by Gasteiger charge is -2.06. The van der Waals surface area contributed by atoms with Crippen molar-refractivity contribution in [1.82, 2.24) is 4.98 Å². The van der Waals surface area contributed by atoms with Gasteiger partial charge in [-0.25, -0.2) is 9.78 Å². The molecule has 8 heteroatoms. The van der Waals surface area contributed by atoms with E-state index in [1.54, 1.807) is 12.1 Å². The predicted molar refractivity (Wildman–Crippen MR) is 75.0 cm³/mol. The van der Waals surface area contributed by atoms with Gasteiger partial charge in [0.2, 0.25) is 0 Å². The summed E-state index contributed by atoms with van der Waals surface area (Å²) in [6.45, 7) is 0. The van der Waals surface area contributed by atoms with Crippen LogP contribution in [0.4, 0.5) is 5.69 Å². The second-order valence-corrected chi connectivity index (χ2v) is 4.92. The number of para-hydroxylation sites is 1. The average Bonchev–Trinajstić information content (AvgIpc) is 2.46. The standard InChI is InChI=1S/C13H10N2O5S/c1-20-9-3-2-4-10(12(9)15(18)19)21-11-7-8(13(16)17)5-6-14-11/h2-7H,1H3,(H,16,17). The number of carboxylic acids is 1. The highest BCUT2D eigenvalue weighted by Gasteiger charge is 2.21. The molecule has 1 heterocycles. The van der Waals surface area contributed by atoms with Crippen LogP contribution in [0.25, 0.3) is 0 Å². The fraction of sp³-hybridized carbons (Fsp3) is 0.0769. The number of carbonyl (C=O) groups is 1. The van der Waals surface area contributed by atoms with Crippen LogP contribution in [0.1, 0.15) is 10.4 Å². The number of hydrogen-bond acceptors (Lipinski definition) is 6. The Balaban J connectivity index is 2.42. The summed E-state index contributed by atoms with van der Waals surface area (Å²) in [5.41, 5.74) is -0.106. The highest BCUT2D eigenvalue weighted by Crippen LogP contribution is 2.39. The number of ether oxygens (including phenoxy) is 1. The molecule has 1 N–H and O–H groups in total. The van der Waals surface area contributed by atoms with Crippen LogP contribution < -0.4 is 4.74 Å². The Morgan fingerprint density at radius 2 is 2.19 bits per heavy atom. The van der Waals surface area contributed by atoms with Gasteiger partial charge in [0.05, 0.1) is 22.5 Å². The van der Waals surface area contributed by atoms with Gasteiger partial charge in [-0.2, -0.15) is 0 Å². The van der Waals surface area contributed by atoms with Gasteiger partial charge in [-0.1, -0.05) is 17.8 Å². The van der Waals surface area contributed by atoms with Gasteiger partial charge in [0.25, 0.3) is 0 Å². The molecule has 0 spiro atoms. The molecule has 7 nitrogen and oxygen atoms in total. The number of nitrogens with zero attached hydrogens (tertiary/aromatic N) is 2. The van der Waals surface area contributed by atoms with Crippen LogP contribution in [-0.2, 0) is 0 Å². The summed E-state index contributed by atoms with van der Waals surface area (Å²) in [4.78, 5) is 25.9. The minimum Gasteiger partial charge on any atom is -0.490 e. The van der Waals surface area contributed by atoms with Crippen molar-refractivity contribution in [3.8, 4) is 5.75 Å². The molecule has 0 aliphatic rings. The summed E-state index contributed by atoms with van der Waals surface area (Å²) in [7, 11) is 1.35. The second-order valence-electron chi connectivity index (χ2n) is 3.85. The smallest absolute Gasteiger partial charge is 0.335 e. The van der Waals surface area contributed by atoms with Gasteiger partial charge >= 0.3 is 11.7 Å². The summed E-state index contributed by atoms with van der Waals surface area (Å²) in [5, 5.41) is 20.5. The fourth-order valence-electron chi connectivity index (χ4n) is 1.64. The predicted octanol–water partition coefficient (Wildman–Crippen LogP) is 2.85. The Labute approximate surface area is 123 Å². The first-order valence-electron chi connectivity index (χ1n) is 5.71. The molecule has 0 bridgehead atoms. The molecular formula is C13H10N2O5S. The molecular weight excluding hydrogens is 296 g/mol. The third-order valence-corrected chi connectivity index (χ3v) is 3.54. The largest absolute Gasteiger partial charge is 0.490 e. The van der Waals surface area contributed by atoms with Crippen molar-refractivity contribution in [1.29, 1.82) is 0 Å². The monoisotopic (exact) mass is 306 g/mol. The molecule has 1 aromatic carbocycles. The van der Waals surface area contributed by atoms with Gasteiger partial charge in [-0.3, -0.25) is 10.1 Å². The van der Waals surface area contributed by atoms with Crippen molar-refractivity contribution in [2.45, 2.75) is 9.92 Å². The van der Waals surface area contributed by atoms with E-state index < -0.39 is 10.9 Å². The minimum absolute atomic E-state index is 0.0676. The van der Waals surface area contributed by atoms with Gasteiger partial charge < -0.3 is 9.84 Å². The molecule has 2 aromatic rings. The van der Waals surface area contributed by atoms with E-state index in [2.05, 4.69) is 4.98 Å². The summed E-state index contributed by atoms with van der Waals surface area (Å²) >= 11 is 1.01. The summed E-state index contributed by atoms with van der Waals surface area (Å²) in [5.74, 6) is -0.946. The van der Waals surface area contributed by atoms with Crippen LogP contribution in [0.5, 0.6) is 5.75 Å². The number of nitro groups is 1. The van der Waals surface area contributed by atoms with Crippen LogP contribution in [-0.4, -0.2) is 28.1 Å². The number of nitro benzene ring substituents is 1. The number of aromatic carboxylic acids is 1. The maximum Gasteiger partial charge on any atom is 0.335 e. The molecule has 0 atom stereocenters. The van der Waals surface area contributed by atoms with Crippen molar-refractivity contribution < 1.29 is 19.6 Å². The first kappa shape index (κ1) is 14.8. The van der Waals surface area contributed by atoms with E-state index in [1.807, 2.05) is 0 Å². The second kappa shape index (κ2) is 6.23. The van der Waals surface area contributed by atoms with E-state index in [0.29, 0.717) is 9.92 Å². The van der Waals surface area contributed by atoms with Crippen LogP contribution >= 0.6 is 11.8 Å². The first-order chi connectivity index (χ1) is 10.0. The van der Waals surface area contributed by atoms with E-state index in [-0.39, 0.29) is 17.0 Å². The number of rotatable bonds is 5. The molecule has 1 aromatic heterocycles. The maximum absolute atomic E-state index is 11.2. The lowest BCUT2D eigenvalue weighted by atomic mass is 10.3. The SMILES string of the molecule is COc1cccc(Sc2cc(C(=O)O)ccn2)c1[N+](=O)[O-]. The van der Waals surface area contributed by atoms with Gasteiger partial charge in [0.1, 0.15) is 5.03 Å². The summed E-state index contributed by atoms with van der Waals surface area (Å²) < 4.78 is 4.98.